The van der Waals surface area contributed by atoms with Crippen LogP contribution in [-0.2, 0) is 0 Å². The van der Waals surface area contributed by atoms with Crippen LogP contribution in [0.1, 0.15) is 23.3 Å². The maximum absolute atomic E-state index is 10.8. The summed E-state index contributed by atoms with van der Waals surface area (Å²) in [5, 5.41) is 16.7. The van der Waals surface area contributed by atoms with E-state index < -0.39 is 12.1 Å². The normalized spacial score (nSPS) is 19.1. The van der Waals surface area contributed by atoms with Gasteiger partial charge in [0.25, 0.3) is 0 Å². The van der Waals surface area contributed by atoms with E-state index in [2.05, 4.69) is 16.1 Å². The van der Waals surface area contributed by atoms with Crippen molar-refractivity contribution in [2.45, 2.75) is 12.1 Å². The average Bonchev–Trinajstić information content (AvgIpc) is 2.58. The molecule has 0 spiro atoms. The summed E-state index contributed by atoms with van der Waals surface area (Å²) in [5.74, 6) is 0. The first-order valence-corrected chi connectivity index (χ1v) is 7.14. The lowest BCUT2D eigenvalue weighted by molar-refractivity contribution is 0.147. The summed E-state index contributed by atoms with van der Waals surface area (Å²) in [5.41, 5.74) is 12.6. The van der Waals surface area contributed by atoms with Crippen LogP contribution in [-0.4, -0.2) is 5.11 Å². The molecular formula is C18H13N3O. The van der Waals surface area contributed by atoms with Gasteiger partial charge in [-0.3, -0.25) is 0 Å². The Morgan fingerprint density at radius 1 is 0.909 bits per heavy atom. The number of nitrogens with zero attached hydrogens (tertiary/aromatic N) is 3. The predicted octanol–water partition coefficient (Wildman–Crippen LogP) is 4.91. The van der Waals surface area contributed by atoms with Gasteiger partial charge in [0.1, 0.15) is 0 Å². The van der Waals surface area contributed by atoms with Crippen LogP contribution in [0.5, 0.6) is 0 Å². The van der Waals surface area contributed by atoms with Crippen LogP contribution in [0, 0.1) is 0 Å². The molecule has 0 unspecified atom stereocenters. The summed E-state index contributed by atoms with van der Waals surface area (Å²) in [4.78, 5) is 2.93. The molecule has 1 aliphatic carbocycles. The van der Waals surface area contributed by atoms with Crippen LogP contribution in [0.3, 0.4) is 0 Å². The lowest BCUT2D eigenvalue weighted by Crippen LogP contribution is -2.16. The van der Waals surface area contributed by atoms with Gasteiger partial charge in [0.15, 0.2) is 0 Å². The summed E-state index contributed by atoms with van der Waals surface area (Å²) in [6.07, 6.45) is -0.841. The van der Waals surface area contributed by atoms with Crippen LogP contribution in [0.15, 0.2) is 65.8 Å². The van der Waals surface area contributed by atoms with E-state index in [4.69, 9.17) is 5.53 Å². The number of hydrogen-bond acceptors (Lipinski definition) is 2. The molecule has 3 aromatic carbocycles. The molecule has 22 heavy (non-hydrogen) atoms. The highest BCUT2D eigenvalue weighted by Gasteiger charge is 2.32. The summed E-state index contributed by atoms with van der Waals surface area (Å²) in [6, 6.07) is 19.2. The van der Waals surface area contributed by atoms with Crippen LogP contribution in [0.25, 0.3) is 32.3 Å². The van der Waals surface area contributed by atoms with Crippen molar-refractivity contribution in [3.8, 4) is 11.1 Å². The second-order valence-electron chi connectivity index (χ2n) is 5.43. The van der Waals surface area contributed by atoms with Gasteiger partial charge >= 0.3 is 0 Å². The van der Waals surface area contributed by atoms with E-state index in [1.807, 2.05) is 54.6 Å². The molecule has 0 aromatic heterocycles. The highest BCUT2D eigenvalue weighted by molar-refractivity contribution is 5.94. The first kappa shape index (κ1) is 12.9. The minimum Gasteiger partial charge on any atom is -0.388 e. The molecular weight excluding hydrogens is 274 g/mol. The number of aliphatic hydroxyl groups excluding tert-OH is 1. The third-order valence-electron chi connectivity index (χ3n) is 4.31. The topological polar surface area (TPSA) is 69.0 Å². The average molecular weight is 287 g/mol. The minimum absolute atomic E-state index is 0.598. The molecule has 1 N–H and O–H groups in total. The van der Waals surface area contributed by atoms with Gasteiger partial charge in [0.2, 0.25) is 0 Å². The van der Waals surface area contributed by atoms with Crippen molar-refractivity contribution in [2.75, 3.05) is 0 Å². The number of aliphatic hydroxyl groups is 1. The van der Waals surface area contributed by atoms with Crippen molar-refractivity contribution in [3.05, 3.63) is 82.2 Å². The quantitative estimate of drug-likeness (QED) is 0.386. The lowest BCUT2D eigenvalue weighted by atomic mass is 9.79. The fourth-order valence-electron chi connectivity index (χ4n) is 3.36. The lowest BCUT2D eigenvalue weighted by Gasteiger charge is -2.30. The largest absolute Gasteiger partial charge is 0.388 e. The summed E-state index contributed by atoms with van der Waals surface area (Å²) >= 11 is 0. The SMILES string of the molecule is [N-]=[N+]=N[C@@H]1c2ccccc2-c2ccc3ccccc3c2[C@H]1O. The molecule has 1 aliphatic rings. The Morgan fingerprint density at radius 2 is 1.68 bits per heavy atom. The van der Waals surface area contributed by atoms with E-state index in [9.17, 15) is 5.11 Å². The van der Waals surface area contributed by atoms with Crippen molar-refractivity contribution < 1.29 is 5.11 Å². The van der Waals surface area contributed by atoms with E-state index in [1.54, 1.807) is 0 Å². The van der Waals surface area contributed by atoms with Crippen molar-refractivity contribution >= 4 is 10.8 Å². The summed E-state index contributed by atoms with van der Waals surface area (Å²) in [6.45, 7) is 0. The molecule has 0 amide bonds. The fraction of sp³-hybridized carbons (Fsp3) is 0.111. The van der Waals surface area contributed by atoms with Crippen molar-refractivity contribution in [2.24, 2.45) is 5.11 Å². The zero-order valence-electron chi connectivity index (χ0n) is 11.7. The molecule has 0 saturated carbocycles. The highest BCUT2D eigenvalue weighted by atomic mass is 16.3. The van der Waals surface area contributed by atoms with Crippen molar-refractivity contribution in [1.82, 2.24) is 0 Å². The molecule has 0 bridgehead atoms. The maximum atomic E-state index is 10.8. The van der Waals surface area contributed by atoms with E-state index in [0.29, 0.717) is 0 Å². The molecule has 0 radical (unpaired) electrons. The van der Waals surface area contributed by atoms with Crippen molar-refractivity contribution in [1.29, 1.82) is 0 Å². The van der Waals surface area contributed by atoms with Crippen LogP contribution >= 0.6 is 0 Å². The molecule has 0 aliphatic heterocycles. The minimum atomic E-state index is -0.841. The molecule has 4 nitrogen and oxygen atoms in total. The Balaban J connectivity index is 2.12. The second kappa shape index (κ2) is 4.88. The van der Waals surface area contributed by atoms with E-state index >= 15 is 0 Å². The maximum Gasteiger partial charge on any atom is 0.0933 e. The van der Waals surface area contributed by atoms with Crippen LogP contribution < -0.4 is 0 Å². The molecule has 2 atom stereocenters. The van der Waals surface area contributed by atoms with Gasteiger partial charge in [0, 0.05) is 4.91 Å². The van der Waals surface area contributed by atoms with E-state index in [1.165, 1.54) is 0 Å². The van der Waals surface area contributed by atoms with Gasteiger partial charge in [-0.2, -0.15) is 0 Å². The zero-order valence-corrected chi connectivity index (χ0v) is 11.7. The Morgan fingerprint density at radius 3 is 2.55 bits per heavy atom. The monoisotopic (exact) mass is 287 g/mol. The number of azide groups is 1. The Hall–Kier alpha value is -2.81. The first-order valence-electron chi connectivity index (χ1n) is 7.14. The third kappa shape index (κ3) is 1.72. The number of benzene rings is 3. The first-order chi connectivity index (χ1) is 10.8. The molecule has 4 rings (SSSR count). The van der Waals surface area contributed by atoms with Crippen LogP contribution in [0.4, 0.5) is 0 Å². The number of rotatable bonds is 1. The Labute approximate surface area is 127 Å². The van der Waals surface area contributed by atoms with Gasteiger partial charge in [-0.05, 0) is 38.6 Å². The summed E-state index contributed by atoms with van der Waals surface area (Å²) in [7, 11) is 0. The van der Waals surface area contributed by atoms with E-state index in [0.717, 1.165) is 33.0 Å². The molecule has 3 aromatic rings. The summed E-state index contributed by atoms with van der Waals surface area (Å²) < 4.78 is 0. The molecule has 106 valence electrons. The van der Waals surface area contributed by atoms with Gasteiger partial charge in [0.05, 0.1) is 12.1 Å². The van der Waals surface area contributed by atoms with Gasteiger partial charge in [-0.25, -0.2) is 0 Å². The van der Waals surface area contributed by atoms with Gasteiger partial charge < -0.3 is 5.11 Å². The fourth-order valence-corrected chi connectivity index (χ4v) is 3.36. The van der Waals surface area contributed by atoms with E-state index in [-0.39, 0.29) is 0 Å². The second-order valence-corrected chi connectivity index (χ2v) is 5.43. The zero-order chi connectivity index (χ0) is 15.1. The highest BCUT2D eigenvalue weighted by Crippen LogP contribution is 2.48. The third-order valence-corrected chi connectivity index (χ3v) is 4.31. The molecule has 0 fully saturated rings. The smallest absolute Gasteiger partial charge is 0.0933 e. The standard InChI is InChI=1S/C18H13N3O/c19-21-20-17-15-8-4-3-7-13(15)14-10-9-11-5-1-2-6-12(11)16(14)18(17)22/h1-10,17-18,22H/t17-,18-/m1/s1. The predicted molar refractivity (Wildman–Crippen MR) is 86.2 cm³/mol. The molecule has 0 heterocycles. The molecule has 4 heteroatoms. The van der Waals surface area contributed by atoms with Gasteiger partial charge in [-0.1, -0.05) is 65.8 Å². The Bertz CT molecular complexity index is 929. The van der Waals surface area contributed by atoms with Crippen molar-refractivity contribution in [3.63, 3.8) is 0 Å². The van der Waals surface area contributed by atoms with Gasteiger partial charge in [-0.15, -0.1) is 0 Å². The van der Waals surface area contributed by atoms with Crippen LogP contribution in [0.2, 0.25) is 0 Å². The number of hydrogen-bond donors (Lipinski definition) is 1. The Kier molecular flexibility index (Phi) is 2.86. The number of fused-ring (bicyclic) bond motifs is 5. The molecule has 0 saturated heterocycles.